The molecule has 0 heterocycles. The van der Waals surface area contributed by atoms with Gasteiger partial charge in [0.25, 0.3) is 5.91 Å². The van der Waals surface area contributed by atoms with E-state index in [2.05, 4.69) is 36.5 Å². The zero-order valence-corrected chi connectivity index (χ0v) is 22.3. The molecule has 6 rings (SSSR count). The fourth-order valence-corrected chi connectivity index (χ4v) is 8.01. The van der Waals surface area contributed by atoms with E-state index in [0.717, 1.165) is 33.9 Å². The summed E-state index contributed by atoms with van der Waals surface area (Å²) in [4.78, 5) is 12.6. The zero-order valence-electron chi connectivity index (χ0n) is 21.5. The molecule has 0 saturated heterocycles. The van der Waals surface area contributed by atoms with Crippen LogP contribution in [0.25, 0.3) is 0 Å². The van der Waals surface area contributed by atoms with Crippen LogP contribution in [0.15, 0.2) is 53.6 Å². The largest absolute Gasteiger partial charge is 0.271 e. The molecule has 4 bridgehead atoms. The average molecular weight is 508 g/mol. The van der Waals surface area contributed by atoms with Crippen LogP contribution in [0.4, 0.5) is 5.69 Å². The van der Waals surface area contributed by atoms with Crippen molar-refractivity contribution in [1.29, 1.82) is 0 Å². The lowest BCUT2D eigenvalue weighted by Crippen LogP contribution is -2.48. The molecule has 4 aliphatic rings. The lowest BCUT2D eigenvalue weighted by atomic mass is 9.48. The summed E-state index contributed by atoms with van der Waals surface area (Å²) >= 11 is 0. The second-order valence-electron chi connectivity index (χ2n) is 11.6. The molecule has 0 aliphatic heterocycles. The van der Waals surface area contributed by atoms with E-state index in [4.69, 9.17) is 0 Å². The summed E-state index contributed by atoms with van der Waals surface area (Å²) in [6, 6.07) is 15.9. The maximum absolute atomic E-state index is 12.6. The van der Waals surface area contributed by atoms with Crippen LogP contribution in [0, 0.1) is 17.8 Å². The Balaban J connectivity index is 1.25. The quantitative estimate of drug-likeness (QED) is 0.394. The van der Waals surface area contributed by atoms with Crippen molar-refractivity contribution >= 4 is 27.8 Å². The molecule has 1 amide bonds. The third kappa shape index (κ3) is 5.22. The summed E-state index contributed by atoms with van der Waals surface area (Å²) in [5, 5.41) is 4.02. The van der Waals surface area contributed by atoms with Crippen molar-refractivity contribution in [1.82, 2.24) is 5.43 Å². The maximum Gasteiger partial charge on any atom is 0.260 e. The SMILES string of the molecule is CC(C)c1ccc(C=NNC(=O)CN(c2ccc(C34CC5CC(CC(C5)C3)C4)cc2)S(C)(=O)=O)cc1. The third-order valence-electron chi connectivity index (χ3n) is 8.50. The Kier molecular flexibility index (Phi) is 6.70. The van der Waals surface area contributed by atoms with Gasteiger partial charge in [-0.3, -0.25) is 9.10 Å². The first-order valence-electron chi connectivity index (χ1n) is 13.1. The third-order valence-corrected chi connectivity index (χ3v) is 9.64. The average Bonchev–Trinajstić information content (AvgIpc) is 2.81. The molecule has 2 aromatic carbocycles. The molecule has 6 nitrogen and oxygen atoms in total. The first-order valence-corrected chi connectivity index (χ1v) is 15.0. The van der Waals surface area contributed by atoms with Gasteiger partial charge in [0.15, 0.2) is 0 Å². The van der Waals surface area contributed by atoms with Gasteiger partial charge in [-0.05, 0) is 96.4 Å². The summed E-state index contributed by atoms with van der Waals surface area (Å²) in [5.41, 5.74) is 6.65. The van der Waals surface area contributed by atoms with Crippen LogP contribution < -0.4 is 9.73 Å². The summed E-state index contributed by atoms with van der Waals surface area (Å²) in [7, 11) is -3.64. The first kappa shape index (κ1) is 25.0. The van der Waals surface area contributed by atoms with Crippen LogP contribution in [0.3, 0.4) is 0 Å². The summed E-state index contributed by atoms with van der Waals surface area (Å²) in [5.74, 6) is 2.50. The van der Waals surface area contributed by atoms with Crippen LogP contribution >= 0.6 is 0 Å². The monoisotopic (exact) mass is 507 g/mol. The number of nitrogens with zero attached hydrogens (tertiary/aromatic N) is 2. The van der Waals surface area contributed by atoms with Gasteiger partial charge in [0.2, 0.25) is 10.0 Å². The molecule has 0 unspecified atom stereocenters. The lowest BCUT2D eigenvalue weighted by Gasteiger charge is -2.57. The van der Waals surface area contributed by atoms with Gasteiger partial charge in [0.1, 0.15) is 6.54 Å². The fourth-order valence-electron chi connectivity index (χ4n) is 7.16. The Morgan fingerprint density at radius 1 is 1.00 bits per heavy atom. The standard InChI is InChI=1S/C29H37N3O3S/c1-20(2)25-6-4-21(5-7-25)18-30-31-28(33)19-32(36(3,34)35)27-10-8-26(9-11-27)29-15-22-12-23(16-29)14-24(13-22)17-29/h4-11,18,20,22-24H,12-17,19H2,1-3H3,(H,31,33). The molecule has 0 aromatic heterocycles. The van der Waals surface area contributed by atoms with Crippen LogP contribution in [0.5, 0.6) is 0 Å². The summed E-state index contributed by atoms with van der Waals surface area (Å²) in [6.07, 6.45) is 10.6. The summed E-state index contributed by atoms with van der Waals surface area (Å²) in [6.45, 7) is 3.94. The van der Waals surface area contributed by atoms with E-state index in [9.17, 15) is 13.2 Å². The Hall–Kier alpha value is -2.67. The number of hydrogen-bond donors (Lipinski definition) is 1. The molecule has 0 atom stereocenters. The van der Waals surface area contributed by atoms with E-state index in [1.807, 2.05) is 36.4 Å². The van der Waals surface area contributed by atoms with Crippen molar-refractivity contribution in [3.05, 3.63) is 65.2 Å². The lowest BCUT2D eigenvalue weighted by molar-refractivity contribution is -0.119. The highest BCUT2D eigenvalue weighted by Crippen LogP contribution is 2.60. The van der Waals surface area contributed by atoms with Gasteiger partial charge in [-0.15, -0.1) is 0 Å². The number of benzene rings is 2. The molecule has 0 radical (unpaired) electrons. The minimum atomic E-state index is -3.64. The van der Waals surface area contributed by atoms with Crippen molar-refractivity contribution in [3.8, 4) is 0 Å². The zero-order chi connectivity index (χ0) is 25.5. The number of amides is 1. The van der Waals surface area contributed by atoms with Crippen LogP contribution in [-0.2, 0) is 20.2 Å². The highest BCUT2D eigenvalue weighted by Gasteiger charge is 2.51. The van der Waals surface area contributed by atoms with E-state index < -0.39 is 15.9 Å². The Labute approximate surface area is 215 Å². The number of hydrazone groups is 1. The predicted octanol–water partition coefficient (Wildman–Crippen LogP) is 5.19. The molecule has 192 valence electrons. The minimum Gasteiger partial charge on any atom is -0.271 e. The molecule has 4 saturated carbocycles. The molecule has 4 fully saturated rings. The molecule has 1 N–H and O–H groups in total. The molecule has 36 heavy (non-hydrogen) atoms. The van der Waals surface area contributed by atoms with Gasteiger partial charge in [-0.2, -0.15) is 5.10 Å². The molecular weight excluding hydrogens is 470 g/mol. The van der Waals surface area contributed by atoms with Gasteiger partial charge in [-0.1, -0.05) is 50.2 Å². The highest BCUT2D eigenvalue weighted by molar-refractivity contribution is 7.92. The topological polar surface area (TPSA) is 78.8 Å². The van der Waals surface area contributed by atoms with E-state index in [0.29, 0.717) is 11.6 Å². The number of sulfonamides is 1. The van der Waals surface area contributed by atoms with Crippen molar-refractivity contribution in [3.63, 3.8) is 0 Å². The van der Waals surface area contributed by atoms with Gasteiger partial charge in [-0.25, -0.2) is 13.8 Å². The smallest absolute Gasteiger partial charge is 0.260 e. The van der Waals surface area contributed by atoms with Crippen LogP contribution in [0.1, 0.15) is 75.0 Å². The first-order chi connectivity index (χ1) is 17.1. The van der Waals surface area contributed by atoms with Gasteiger partial charge in [0.05, 0.1) is 18.2 Å². The summed E-state index contributed by atoms with van der Waals surface area (Å²) < 4.78 is 26.3. The molecular formula is C29H37N3O3S. The van der Waals surface area contributed by atoms with Crippen LogP contribution in [0.2, 0.25) is 0 Å². The minimum absolute atomic E-state index is 0.253. The number of rotatable bonds is 8. The van der Waals surface area contributed by atoms with Crippen molar-refractivity contribution < 1.29 is 13.2 Å². The molecule has 0 spiro atoms. The highest BCUT2D eigenvalue weighted by atomic mass is 32.2. The second kappa shape index (κ2) is 9.66. The second-order valence-corrected chi connectivity index (χ2v) is 13.5. The van der Waals surface area contributed by atoms with Crippen LogP contribution in [-0.4, -0.2) is 33.3 Å². The van der Waals surface area contributed by atoms with E-state index >= 15 is 0 Å². The maximum atomic E-state index is 12.6. The van der Waals surface area contributed by atoms with Gasteiger partial charge in [0, 0.05) is 0 Å². The molecule has 2 aromatic rings. The number of carbonyl (C=O) groups is 1. The number of nitrogens with one attached hydrogen (secondary N) is 1. The number of anilines is 1. The van der Waals surface area contributed by atoms with E-state index in [1.54, 1.807) is 6.21 Å². The normalized spacial score (nSPS) is 27.1. The van der Waals surface area contributed by atoms with Crippen molar-refractivity contribution in [2.75, 3.05) is 17.1 Å². The Bertz CT molecular complexity index is 1200. The van der Waals surface area contributed by atoms with Gasteiger partial charge >= 0.3 is 0 Å². The van der Waals surface area contributed by atoms with Crippen molar-refractivity contribution in [2.24, 2.45) is 22.9 Å². The fraction of sp³-hybridized carbons (Fsp3) is 0.517. The number of hydrogen-bond acceptors (Lipinski definition) is 4. The molecule has 7 heteroatoms. The molecule has 4 aliphatic carbocycles. The van der Waals surface area contributed by atoms with Gasteiger partial charge < -0.3 is 0 Å². The van der Waals surface area contributed by atoms with Crippen molar-refractivity contribution in [2.45, 2.75) is 63.7 Å². The number of carbonyl (C=O) groups excluding carboxylic acids is 1. The van der Waals surface area contributed by atoms with E-state index in [1.165, 1.54) is 49.7 Å². The predicted molar refractivity (Wildman–Crippen MR) is 145 cm³/mol. The Morgan fingerprint density at radius 2 is 1.56 bits per heavy atom. The Morgan fingerprint density at radius 3 is 2.06 bits per heavy atom. The van der Waals surface area contributed by atoms with E-state index in [-0.39, 0.29) is 12.0 Å².